The van der Waals surface area contributed by atoms with Gasteiger partial charge in [0.1, 0.15) is 0 Å². The molecule has 0 bridgehead atoms. The Labute approximate surface area is 189 Å². The highest BCUT2D eigenvalue weighted by Crippen LogP contribution is 2.27. The number of hydrogen-bond acceptors (Lipinski definition) is 2. The van der Waals surface area contributed by atoms with E-state index in [9.17, 15) is 4.79 Å². The summed E-state index contributed by atoms with van der Waals surface area (Å²) in [5.41, 5.74) is 6.31. The molecule has 0 aromatic heterocycles. The fourth-order valence-corrected chi connectivity index (χ4v) is 4.22. The van der Waals surface area contributed by atoms with Gasteiger partial charge < -0.3 is 9.80 Å². The van der Waals surface area contributed by atoms with Crippen LogP contribution in [0.4, 0.5) is 5.69 Å². The first-order valence-electron chi connectivity index (χ1n) is 10.7. The summed E-state index contributed by atoms with van der Waals surface area (Å²) in [4.78, 5) is 17.9. The molecule has 31 heavy (non-hydrogen) atoms. The highest BCUT2D eigenvalue weighted by atomic mass is 35.5. The van der Waals surface area contributed by atoms with Crippen LogP contribution in [-0.2, 0) is 4.79 Å². The number of carbonyl (C=O) groups excluding carboxylic acids is 1. The van der Waals surface area contributed by atoms with Crippen molar-refractivity contribution in [1.82, 2.24) is 4.90 Å². The topological polar surface area (TPSA) is 23.6 Å². The number of piperazine rings is 1. The summed E-state index contributed by atoms with van der Waals surface area (Å²) in [5, 5.41) is 0.642. The van der Waals surface area contributed by atoms with E-state index in [0.29, 0.717) is 23.7 Å². The van der Waals surface area contributed by atoms with Crippen molar-refractivity contribution in [1.29, 1.82) is 0 Å². The normalized spacial score (nSPS) is 14.6. The minimum absolute atomic E-state index is 0.0479. The van der Waals surface area contributed by atoms with E-state index in [1.165, 1.54) is 16.8 Å². The standard InChI is InChI=1S/C27H27ClN2O/c1-20-9-8-14-26(21(20)2)29-15-17-30(18-16-29)27(31)24(22-10-4-3-5-11-22)19-23-12-6-7-13-25(23)28/h3-14,19H,15-18H2,1-2H3/b24-19+. The van der Waals surface area contributed by atoms with Crippen LogP contribution in [0.3, 0.4) is 0 Å². The highest BCUT2D eigenvalue weighted by Gasteiger charge is 2.25. The molecule has 4 heteroatoms. The Hall–Kier alpha value is -3.04. The average molecular weight is 431 g/mol. The van der Waals surface area contributed by atoms with Crippen LogP contribution in [0.5, 0.6) is 0 Å². The lowest BCUT2D eigenvalue weighted by molar-refractivity contribution is -0.125. The van der Waals surface area contributed by atoms with Crippen molar-refractivity contribution < 1.29 is 4.79 Å². The molecule has 1 saturated heterocycles. The van der Waals surface area contributed by atoms with Crippen molar-refractivity contribution in [3.05, 3.63) is 100 Å². The zero-order valence-corrected chi connectivity index (χ0v) is 18.8. The van der Waals surface area contributed by atoms with Crippen molar-refractivity contribution >= 4 is 34.8 Å². The molecule has 0 radical (unpaired) electrons. The van der Waals surface area contributed by atoms with Crippen LogP contribution in [0.2, 0.25) is 5.02 Å². The first-order valence-corrected chi connectivity index (χ1v) is 11.0. The maximum absolute atomic E-state index is 13.6. The maximum atomic E-state index is 13.6. The van der Waals surface area contributed by atoms with Gasteiger partial charge in [-0.1, -0.05) is 72.3 Å². The number of anilines is 1. The summed E-state index contributed by atoms with van der Waals surface area (Å²) in [7, 11) is 0. The number of benzene rings is 3. The van der Waals surface area contributed by atoms with Gasteiger partial charge >= 0.3 is 0 Å². The molecule has 0 aliphatic carbocycles. The minimum Gasteiger partial charge on any atom is -0.368 e. The van der Waals surface area contributed by atoms with Gasteiger partial charge in [-0.3, -0.25) is 4.79 Å². The number of halogens is 1. The molecule has 0 atom stereocenters. The summed E-state index contributed by atoms with van der Waals surface area (Å²) in [6.45, 7) is 7.35. The average Bonchev–Trinajstić information content (AvgIpc) is 2.81. The monoisotopic (exact) mass is 430 g/mol. The number of aryl methyl sites for hydroxylation is 1. The Morgan fingerprint density at radius 2 is 1.52 bits per heavy atom. The molecule has 3 aromatic carbocycles. The van der Waals surface area contributed by atoms with Crippen molar-refractivity contribution in [2.75, 3.05) is 31.1 Å². The van der Waals surface area contributed by atoms with Gasteiger partial charge in [0.05, 0.1) is 0 Å². The minimum atomic E-state index is 0.0479. The third-order valence-electron chi connectivity index (χ3n) is 6.00. The van der Waals surface area contributed by atoms with Crippen LogP contribution in [0.1, 0.15) is 22.3 Å². The predicted octanol–water partition coefficient (Wildman–Crippen LogP) is 5.85. The highest BCUT2D eigenvalue weighted by molar-refractivity contribution is 6.33. The lowest BCUT2D eigenvalue weighted by atomic mass is 10.0. The van der Waals surface area contributed by atoms with Gasteiger partial charge in [0.2, 0.25) is 0 Å². The quantitative estimate of drug-likeness (QED) is 0.383. The van der Waals surface area contributed by atoms with Crippen molar-refractivity contribution in [3.63, 3.8) is 0 Å². The van der Waals surface area contributed by atoms with E-state index < -0.39 is 0 Å². The van der Waals surface area contributed by atoms with Crippen molar-refractivity contribution in [2.24, 2.45) is 0 Å². The zero-order valence-electron chi connectivity index (χ0n) is 18.0. The van der Waals surface area contributed by atoms with Gasteiger partial charge in [-0.15, -0.1) is 0 Å². The number of rotatable bonds is 4. The summed E-state index contributed by atoms with van der Waals surface area (Å²) in [6, 6.07) is 23.9. The molecule has 0 saturated carbocycles. The molecule has 1 amide bonds. The fourth-order valence-electron chi connectivity index (χ4n) is 4.03. The van der Waals surface area contributed by atoms with Crippen LogP contribution < -0.4 is 4.90 Å². The van der Waals surface area contributed by atoms with Gasteiger partial charge in [-0.05, 0) is 54.3 Å². The van der Waals surface area contributed by atoms with Crippen LogP contribution in [0, 0.1) is 13.8 Å². The molecular formula is C27H27ClN2O. The molecule has 1 fully saturated rings. The number of carbonyl (C=O) groups is 1. The Morgan fingerprint density at radius 3 is 2.23 bits per heavy atom. The molecule has 0 unspecified atom stereocenters. The van der Waals surface area contributed by atoms with Gasteiger partial charge in [-0.2, -0.15) is 0 Å². The van der Waals surface area contributed by atoms with Crippen molar-refractivity contribution in [3.8, 4) is 0 Å². The van der Waals surface area contributed by atoms with Crippen LogP contribution in [0.25, 0.3) is 11.6 Å². The molecule has 0 spiro atoms. The van der Waals surface area contributed by atoms with Crippen molar-refractivity contribution in [2.45, 2.75) is 13.8 Å². The Balaban J connectivity index is 1.57. The van der Waals surface area contributed by atoms with E-state index in [1.54, 1.807) is 0 Å². The van der Waals surface area contributed by atoms with Crippen LogP contribution in [0.15, 0.2) is 72.8 Å². The summed E-state index contributed by atoms with van der Waals surface area (Å²) < 4.78 is 0. The largest absolute Gasteiger partial charge is 0.368 e. The zero-order chi connectivity index (χ0) is 21.8. The molecule has 0 N–H and O–H groups in total. The second kappa shape index (κ2) is 9.40. The summed E-state index contributed by atoms with van der Waals surface area (Å²) in [5.74, 6) is 0.0479. The first-order chi connectivity index (χ1) is 15.0. The maximum Gasteiger partial charge on any atom is 0.254 e. The Kier molecular flexibility index (Phi) is 6.43. The number of nitrogens with zero attached hydrogens (tertiary/aromatic N) is 2. The molecular weight excluding hydrogens is 404 g/mol. The summed E-state index contributed by atoms with van der Waals surface area (Å²) in [6.07, 6.45) is 1.91. The first kappa shape index (κ1) is 21.2. The molecule has 1 heterocycles. The second-order valence-corrected chi connectivity index (χ2v) is 8.35. The Bertz CT molecular complexity index is 1100. The number of amides is 1. The lowest BCUT2D eigenvalue weighted by Crippen LogP contribution is -2.49. The molecule has 4 rings (SSSR count). The van der Waals surface area contributed by atoms with E-state index in [0.717, 1.165) is 24.2 Å². The van der Waals surface area contributed by atoms with E-state index in [4.69, 9.17) is 11.6 Å². The molecule has 3 nitrogen and oxygen atoms in total. The van der Waals surface area contributed by atoms with E-state index in [-0.39, 0.29) is 5.91 Å². The molecule has 1 aliphatic heterocycles. The van der Waals surface area contributed by atoms with E-state index in [2.05, 4.69) is 36.9 Å². The van der Waals surface area contributed by atoms with E-state index >= 15 is 0 Å². The smallest absolute Gasteiger partial charge is 0.254 e. The van der Waals surface area contributed by atoms with Crippen LogP contribution >= 0.6 is 11.6 Å². The van der Waals surface area contributed by atoms with Gasteiger partial charge in [0.15, 0.2) is 0 Å². The molecule has 158 valence electrons. The third kappa shape index (κ3) is 4.67. The second-order valence-electron chi connectivity index (χ2n) is 7.94. The predicted molar refractivity (Wildman–Crippen MR) is 130 cm³/mol. The van der Waals surface area contributed by atoms with Crippen LogP contribution in [-0.4, -0.2) is 37.0 Å². The number of hydrogen-bond donors (Lipinski definition) is 0. The molecule has 3 aromatic rings. The fraction of sp³-hybridized carbons (Fsp3) is 0.222. The van der Waals surface area contributed by atoms with Gasteiger partial charge in [0.25, 0.3) is 5.91 Å². The lowest BCUT2D eigenvalue weighted by Gasteiger charge is -2.37. The third-order valence-corrected chi connectivity index (χ3v) is 6.35. The SMILES string of the molecule is Cc1cccc(N2CCN(C(=O)/C(=C/c3ccccc3Cl)c3ccccc3)CC2)c1C. The molecule has 1 aliphatic rings. The van der Waals surface area contributed by atoms with Gasteiger partial charge in [0, 0.05) is 42.5 Å². The van der Waals surface area contributed by atoms with Gasteiger partial charge in [-0.25, -0.2) is 0 Å². The van der Waals surface area contributed by atoms with E-state index in [1.807, 2.05) is 65.6 Å². The summed E-state index contributed by atoms with van der Waals surface area (Å²) >= 11 is 6.38. The Morgan fingerprint density at radius 1 is 0.839 bits per heavy atom.